The first-order valence-electron chi connectivity index (χ1n) is 5.94. The van der Waals surface area contributed by atoms with Crippen molar-refractivity contribution in [2.45, 2.75) is 6.92 Å². The fourth-order valence-electron chi connectivity index (χ4n) is 2.04. The molecule has 19 heavy (non-hydrogen) atoms. The molecule has 1 heterocycles. The van der Waals surface area contributed by atoms with Gasteiger partial charge in [-0.3, -0.25) is 4.79 Å². The van der Waals surface area contributed by atoms with Crippen LogP contribution in [-0.2, 0) is 0 Å². The summed E-state index contributed by atoms with van der Waals surface area (Å²) in [7, 11) is 0. The number of halogens is 1. The van der Waals surface area contributed by atoms with Gasteiger partial charge in [0.1, 0.15) is 5.58 Å². The zero-order valence-electron chi connectivity index (χ0n) is 10.3. The maximum atomic E-state index is 12.5. The SMILES string of the molecule is Cc1ccc(Br)c(C(=O)c2cc3ccccc3o2)c1. The average molecular weight is 315 g/mol. The Morgan fingerprint density at radius 2 is 1.89 bits per heavy atom. The van der Waals surface area contributed by atoms with Gasteiger partial charge < -0.3 is 4.42 Å². The third kappa shape index (κ3) is 2.22. The molecule has 0 N–H and O–H groups in total. The highest BCUT2D eigenvalue weighted by molar-refractivity contribution is 9.10. The van der Waals surface area contributed by atoms with E-state index in [1.165, 1.54) is 0 Å². The van der Waals surface area contributed by atoms with Crippen LogP contribution in [0.1, 0.15) is 21.7 Å². The molecule has 0 aliphatic rings. The van der Waals surface area contributed by atoms with Crippen LogP contribution in [0.25, 0.3) is 11.0 Å². The van der Waals surface area contributed by atoms with Crippen molar-refractivity contribution >= 4 is 32.7 Å². The molecular weight excluding hydrogens is 304 g/mol. The van der Waals surface area contributed by atoms with Gasteiger partial charge in [0.05, 0.1) is 0 Å². The van der Waals surface area contributed by atoms with Crippen molar-refractivity contribution in [2.24, 2.45) is 0 Å². The summed E-state index contributed by atoms with van der Waals surface area (Å²) in [6.45, 7) is 1.96. The van der Waals surface area contributed by atoms with Gasteiger partial charge in [0.15, 0.2) is 5.76 Å². The maximum Gasteiger partial charge on any atom is 0.229 e. The minimum absolute atomic E-state index is 0.105. The molecular formula is C16H11BrO2. The Balaban J connectivity index is 2.10. The number of carbonyl (C=O) groups is 1. The molecule has 0 saturated heterocycles. The molecule has 0 spiro atoms. The van der Waals surface area contributed by atoms with Crippen molar-refractivity contribution in [3.63, 3.8) is 0 Å². The number of para-hydroxylation sites is 1. The predicted molar refractivity (Wildman–Crippen MR) is 78.5 cm³/mol. The van der Waals surface area contributed by atoms with Gasteiger partial charge in [0, 0.05) is 15.4 Å². The largest absolute Gasteiger partial charge is 0.453 e. The van der Waals surface area contributed by atoms with Crippen LogP contribution in [0.15, 0.2) is 57.4 Å². The van der Waals surface area contributed by atoms with Crippen molar-refractivity contribution in [3.05, 3.63) is 69.9 Å². The second-order valence-corrected chi connectivity index (χ2v) is 5.32. The number of hydrogen-bond acceptors (Lipinski definition) is 2. The molecule has 3 aromatic rings. The lowest BCUT2D eigenvalue weighted by atomic mass is 10.1. The highest BCUT2D eigenvalue weighted by Crippen LogP contribution is 2.25. The first kappa shape index (κ1) is 12.2. The van der Waals surface area contributed by atoms with E-state index in [4.69, 9.17) is 4.42 Å². The second kappa shape index (κ2) is 4.67. The predicted octanol–water partition coefficient (Wildman–Crippen LogP) is 4.73. The summed E-state index contributed by atoms with van der Waals surface area (Å²) in [5.41, 5.74) is 2.40. The Kier molecular flexibility index (Phi) is 2.99. The molecule has 0 unspecified atom stereocenters. The highest BCUT2D eigenvalue weighted by Gasteiger charge is 2.17. The molecule has 0 radical (unpaired) electrons. The highest BCUT2D eigenvalue weighted by atomic mass is 79.9. The van der Waals surface area contributed by atoms with E-state index in [0.29, 0.717) is 11.3 Å². The molecule has 3 heteroatoms. The normalized spacial score (nSPS) is 10.8. The average Bonchev–Trinajstić information content (AvgIpc) is 2.84. The third-order valence-corrected chi connectivity index (χ3v) is 3.71. The second-order valence-electron chi connectivity index (χ2n) is 4.46. The summed E-state index contributed by atoms with van der Waals surface area (Å²) in [5.74, 6) is 0.263. The van der Waals surface area contributed by atoms with E-state index in [9.17, 15) is 4.79 Å². The summed E-state index contributed by atoms with van der Waals surface area (Å²) in [6.07, 6.45) is 0. The first-order valence-corrected chi connectivity index (χ1v) is 6.74. The first-order chi connectivity index (χ1) is 9.15. The van der Waals surface area contributed by atoms with Gasteiger partial charge in [-0.2, -0.15) is 0 Å². The van der Waals surface area contributed by atoms with Gasteiger partial charge in [0.25, 0.3) is 0 Å². The van der Waals surface area contributed by atoms with Gasteiger partial charge >= 0.3 is 0 Å². The molecule has 2 aromatic carbocycles. The molecule has 3 rings (SSSR count). The number of carbonyl (C=O) groups excluding carboxylic acids is 1. The number of hydrogen-bond donors (Lipinski definition) is 0. The lowest BCUT2D eigenvalue weighted by Gasteiger charge is -2.02. The molecule has 0 aliphatic heterocycles. The lowest BCUT2D eigenvalue weighted by molar-refractivity contribution is 0.101. The van der Waals surface area contributed by atoms with Crippen molar-refractivity contribution in [1.82, 2.24) is 0 Å². The molecule has 0 fully saturated rings. The van der Waals surface area contributed by atoms with Crippen LogP contribution < -0.4 is 0 Å². The van der Waals surface area contributed by atoms with Gasteiger partial charge in [-0.25, -0.2) is 0 Å². The standard InChI is InChI=1S/C16H11BrO2/c1-10-6-7-13(17)12(8-10)16(18)15-9-11-4-2-3-5-14(11)19-15/h2-9H,1H3. The van der Waals surface area contributed by atoms with Gasteiger partial charge in [-0.1, -0.05) is 45.8 Å². The summed E-state index contributed by atoms with van der Waals surface area (Å²) in [4.78, 5) is 12.5. The van der Waals surface area contributed by atoms with E-state index in [1.54, 1.807) is 6.07 Å². The summed E-state index contributed by atoms with van der Waals surface area (Å²) in [5, 5.41) is 0.939. The van der Waals surface area contributed by atoms with E-state index >= 15 is 0 Å². The number of ketones is 1. The number of furan rings is 1. The monoisotopic (exact) mass is 314 g/mol. The van der Waals surface area contributed by atoms with Crippen molar-refractivity contribution in [1.29, 1.82) is 0 Å². The Hall–Kier alpha value is -1.87. The minimum atomic E-state index is -0.105. The van der Waals surface area contributed by atoms with E-state index in [0.717, 1.165) is 21.0 Å². The Labute approximate surface area is 119 Å². The van der Waals surface area contributed by atoms with Crippen molar-refractivity contribution in [3.8, 4) is 0 Å². The zero-order chi connectivity index (χ0) is 13.4. The fraction of sp³-hybridized carbons (Fsp3) is 0.0625. The molecule has 0 bridgehead atoms. The minimum Gasteiger partial charge on any atom is -0.453 e. The Morgan fingerprint density at radius 1 is 1.11 bits per heavy atom. The van der Waals surface area contributed by atoms with Gasteiger partial charge in [0.2, 0.25) is 5.78 Å². The lowest BCUT2D eigenvalue weighted by Crippen LogP contribution is -2.01. The van der Waals surface area contributed by atoms with E-state index in [2.05, 4.69) is 15.9 Å². The molecule has 0 saturated carbocycles. The van der Waals surface area contributed by atoms with Crippen LogP contribution in [0.4, 0.5) is 0 Å². The van der Waals surface area contributed by atoms with E-state index in [1.807, 2.05) is 49.4 Å². The molecule has 94 valence electrons. The number of benzene rings is 2. The van der Waals surface area contributed by atoms with Crippen LogP contribution >= 0.6 is 15.9 Å². The van der Waals surface area contributed by atoms with Gasteiger partial charge in [-0.15, -0.1) is 0 Å². The number of rotatable bonds is 2. The van der Waals surface area contributed by atoms with Crippen LogP contribution in [-0.4, -0.2) is 5.78 Å². The molecule has 0 aliphatic carbocycles. The van der Waals surface area contributed by atoms with Crippen LogP contribution in [0, 0.1) is 6.92 Å². The number of fused-ring (bicyclic) bond motifs is 1. The summed E-state index contributed by atoms with van der Waals surface area (Å²) < 4.78 is 6.39. The fourth-order valence-corrected chi connectivity index (χ4v) is 2.47. The molecule has 0 atom stereocenters. The van der Waals surface area contributed by atoms with Crippen LogP contribution in [0.2, 0.25) is 0 Å². The van der Waals surface area contributed by atoms with Crippen molar-refractivity contribution in [2.75, 3.05) is 0 Å². The number of aryl methyl sites for hydroxylation is 1. The van der Waals surface area contributed by atoms with Crippen LogP contribution in [0.3, 0.4) is 0 Å². The third-order valence-electron chi connectivity index (χ3n) is 3.02. The Bertz CT molecular complexity index is 738. The molecule has 1 aromatic heterocycles. The van der Waals surface area contributed by atoms with E-state index in [-0.39, 0.29) is 5.78 Å². The summed E-state index contributed by atoms with van der Waals surface area (Å²) in [6, 6.07) is 15.1. The zero-order valence-corrected chi connectivity index (χ0v) is 11.9. The quantitative estimate of drug-likeness (QED) is 0.640. The van der Waals surface area contributed by atoms with Crippen LogP contribution in [0.5, 0.6) is 0 Å². The van der Waals surface area contributed by atoms with Gasteiger partial charge in [-0.05, 0) is 31.2 Å². The van der Waals surface area contributed by atoms with Crippen molar-refractivity contribution < 1.29 is 9.21 Å². The topological polar surface area (TPSA) is 30.2 Å². The summed E-state index contributed by atoms with van der Waals surface area (Å²) >= 11 is 3.41. The maximum absolute atomic E-state index is 12.5. The smallest absolute Gasteiger partial charge is 0.229 e. The molecule has 0 amide bonds. The Morgan fingerprint density at radius 3 is 2.68 bits per heavy atom. The molecule has 2 nitrogen and oxygen atoms in total. The van der Waals surface area contributed by atoms with E-state index < -0.39 is 0 Å².